The molecular weight excluding hydrogens is 616 g/mol. The van der Waals surface area contributed by atoms with Gasteiger partial charge in [0.1, 0.15) is 0 Å². The van der Waals surface area contributed by atoms with Crippen LogP contribution in [0.25, 0.3) is 0 Å². The van der Waals surface area contributed by atoms with Gasteiger partial charge in [-0.1, -0.05) is 149 Å². The molecule has 256 valence electrons. The van der Waals surface area contributed by atoms with Gasteiger partial charge in [0.25, 0.3) is 0 Å². The molecule has 0 spiro atoms. The van der Waals surface area contributed by atoms with Crippen molar-refractivity contribution in [2.45, 2.75) is 105 Å². The smallest absolute Gasteiger partial charge is 0.0887 e. The van der Waals surface area contributed by atoms with Crippen molar-refractivity contribution < 1.29 is 23.3 Å². The normalized spacial score (nSPS) is 17.4. The van der Waals surface area contributed by atoms with Crippen molar-refractivity contribution in [3.8, 4) is 0 Å². The Hall–Kier alpha value is -4.01. The Bertz CT molecular complexity index is 2380. The minimum absolute atomic E-state index is 0.0279. The average molecular weight is 689 g/mol. The molecule has 0 unspecified atom stereocenters. The highest BCUT2D eigenvalue weighted by atomic mass is 35.5. The van der Waals surface area contributed by atoms with E-state index in [1.54, 1.807) is 83.1 Å². The van der Waals surface area contributed by atoms with Gasteiger partial charge in [0, 0.05) is 22.7 Å². The van der Waals surface area contributed by atoms with Crippen LogP contribution >= 0.6 is 11.6 Å². The van der Waals surface area contributed by atoms with E-state index in [0.29, 0.717) is 0 Å². The lowest BCUT2D eigenvalue weighted by Gasteiger charge is -2.32. The van der Waals surface area contributed by atoms with Crippen LogP contribution in [0.4, 0.5) is 34.1 Å². The molecule has 0 heterocycles. The molecule has 3 heteroatoms. The van der Waals surface area contributed by atoms with Crippen molar-refractivity contribution in [3.05, 3.63) is 142 Å². The fraction of sp³-hybridized carbons (Fsp3) is 0.348. The molecule has 5 aromatic rings. The van der Waals surface area contributed by atoms with Crippen molar-refractivity contribution in [3.63, 3.8) is 0 Å². The summed E-state index contributed by atoms with van der Waals surface area (Å²) in [4.78, 5) is 1.80. The molecule has 0 aliphatic rings. The quantitative estimate of drug-likeness (QED) is 0.175. The van der Waals surface area contributed by atoms with Crippen molar-refractivity contribution in [1.82, 2.24) is 0 Å². The highest BCUT2D eigenvalue weighted by Gasteiger charge is 2.25. The summed E-state index contributed by atoms with van der Waals surface area (Å²) in [7, 11) is 0. The molecule has 0 aromatic heterocycles. The first-order chi connectivity index (χ1) is 29.8. The third-order valence-corrected chi connectivity index (χ3v) is 8.10. The number of nitrogens with zero attached hydrogens (tertiary/aromatic N) is 2. The Balaban J connectivity index is 2.14. The van der Waals surface area contributed by atoms with Crippen LogP contribution in [0.5, 0.6) is 0 Å². The third kappa shape index (κ3) is 8.08. The molecule has 0 aliphatic carbocycles. The molecular formula is C46H55ClN2. The van der Waals surface area contributed by atoms with E-state index in [4.69, 9.17) is 22.6 Å². The van der Waals surface area contributed by atoms with Gasteiger partial charge in [0.2, 0.25) is 0 Å². The van der Waals surface area contributed by atoms with E-state index < -0.39 is 164 Å². The highest BCUT2D eigenvalue weighted by molar-refractivity contribution is 6.36. The lowest BCUT2D eigenvalue weighted by Crippen LogP contribution is -2.16. The number of hydrogen-bond donors (Lipinski definition) is 0. The lowest BCUT2D eigenvalue weighted by atomic mass is 9.86. The summed E-state index contributed by atoms with van der Waals surface area (Å²) in [6.07, 6.45) is 0. The van der Waals surface area contributed by atoms with Crippen LogP contribution in [0.1, 0.15) is 129 Å². The highest BCUT2D eigenvalue weighted by Crippen LogP contribution is 2.47. The Morgan fingerprint density at radius 2 is 0.592 bits per heavy atom. The second kappa shape index (κ2) is 13.4. The molecule has 5 rings (SSSR count). The van der Waals surface area contributed by atoms with Crippen molar-refractivity contribution in [2.75, 3.05) is 9.80 Å². The topological polar surface area (TPSA) is 6.48 Å². The van der Waals surface area contributed by atoms with Crippen LogP contribution < -0.4 is 9.80 Å². The summed E-state index contributed by atoms with van der Waals surface area (Å²) < 4.78 is 158. The van der Waals surface area contributed by atoms with Gasteiger partial charge in [-0.15, -0.1) is 0 Å². The molecule has 0 saturated carbocycles. The van der Waals surface area contributed by atoms with Crippen LogP contribution in [0, 0.1) is 0 Å². The molecule has 49 heavy (non-hydrogen) atoms. The first-order valence-electron chi connectivity index (χ1n) is 24.7. The molecule has 0 radical (unpaired) electrons. The van der Waals surface area contributed by atoms with Gasteiger partial charge >= 0.3 is 0 Å². The van der Waals surface area contributed by atoms with Gasteiger partial charge in [-0.05, 0) is 104 Å². The fourth-order valence-corrected chi connectivity index (χ4v) is 4.94. The van der Waals surface area contributed by atoms with Gasteiger partial charge in [0.15, 0.2) is 0 Å². The van der Waals surface area contributed by atoms with E-state index in [1.807, 2.05) is 0 Å². The zero-order valence-electron chi connectivity index (χ0n) is 47.4. The second-order valence-electron chi connectivity index (χ2n) is 16.1. The van der Waals surface area contributed by atoms with E-state index in [1.165, 1.54) is 0 Å². The fourth-order valence-electron chi connectivity index (χ4n) is 4.66. The van der Waals surface area contributed by atoms with Crippen LogP contribution in [0.2, 0.25) is 5.02 Å². The number of benzene rings is 5. The van der Waals surface area contributed by atoms with Crippen LogP contribution in [-0.2, 0) is 21.7 Å². The van der Waals surface area contributed by atoms with Gasteiger partial charge in [-0.2, -0.15) is 0 Å². The summed E-state index contributed by atoms with van der Waals surface area (Å²) in [5.41, 5.74) is -6.77. The maximum atomic E-state index is 9.42. The predicted molar refractivity (Wildman–Crippen MR) is 216 cm³/mol. The standard InChI is InChI=1S/C46H55ClN2/c1-43(2,3)32-16-24-36(25-17-32)48(37-26-18-33(19-27-37)44(4,5)6)40-14-13-15-41(42(40)47)49(38-28-20-34(21-29-38)45(7,8)9)39-30-22-35(23-31-39)46(10,11)12/h13-31H,1-12H3/i13D,16D,17D,18D,19D,20D,21D,22D,23D,24D,25D,26D,27D,28D,29D,30D,31D. The van der Waals surface area contributed by atoms with Gasteiger partial charge in [-0.25, -0.2) is 0 Å². The number of anilines is 6. The Morgan fingerprint density at radius 1 is 0.388 bits per heavy atom. The number of rotatable bonds is 6. The summed E-state index contributed by atoms with van der Waals surface area (Å²) in [5, 5.41) is -0.534. The molecule has 0 amide bonds. The largest absolute Gasteiger partial charge is 0.309 e. The monoisotopic (exact) mass is 688 g/mol. The second-order valence-corrected chi connectivity index (χ2v) is 16.5. The van der Waals surface area contributed by atoms with Crippen molar-refractivity contribution >= 4 is 45.7 Å². The predicted octanol–water partition coefficient (Wildman–Crippen LogP) is 14.5. The van der Waals surface area contributed by atoms with E-state index in [9.17, 15) is 12.3 Å². The molecule has 0 bridgehead atoms. The molecule has 0 saturated heterocycles. The molecule has 0 fully saturated rings. The van der Waals surface area contributed by atoms with Gasteiger partial charge in [0.05, 0.1) is 39.7 Å². The summed E-state index contributed by atoms with van der Waals surface area (Å²) >= 11 is 7.49. The van der Waals surface area contributed by atoms with Crippen molar-refractivity contribution in [2.24, 2.45) is 0 Å². The molecule has 5 aromatic carbocycles. The maximum Gasteiger partial charge on any atom is 0.0887 e. The van der Waals surface area contributed by atoms with E-state index in [2.05, 4.69) is 0 Å². The van der Waals surface area contributed by atoms with Crippen molar-refractivity contribution in [1.29, 1.82) is 0 Å². The van der Waals surface area contributed by atoms with E-state index in [-0.39, 0.29) is 22.3 Å². The van der Waals surface area contributed by atoms with E-state index >= 15 is 0 Å². The summed E-state index contributed by atoms with van der Waals surface area (Å²) in [6, 6.07) is -7.52. The van der Waals surface area contributed by atoms with Crippen LogP contribution in [0.3, 0.4) is 0 Å². The summed E-state index contributed by atoms with van der Waals surface area (Å²) in [5.74, 6) is 0. The molecule has 0 N–H and O–H groups in total. The zero-order valence-corrected chi connectivity index (χ0v) is 31.2. The molecule has 0 aliphatic heterocycles. The number of hydrogen-bond acceptors (Lipinski definition) is 2. The molecule has 2 nitrogen and oxygen atoms in total. The Labute approximate surface area is 325 Å². The average Bonchev–Trinajstić information content (AvgIpc) is 3.15. The van der Waals surface area contributed by atoms with Crippen LogP contribution in [-0.4, -0.2) is 0 Å². The Morgan fingerprint density at radius 3 is 0.776 bits per heavy atom. The SMILES string of the molecule is [2H]c1cc(N(c2c([2H])c([2H])c(C(C)(C)C)c([2H])c2[2H])c2c([2H])c([2H])c(C(C)(C)C)c([2H])c2[2H])c(Cl)c(N(c2c([2H])c([2H])c(C(C)(C)C)c([2H])c2[2H])c2c([2H])c([2H])c(C(C)(C)C)c([2H])c2[2H])c1. The minimum atomic E-state index is -0.927. The first kappa shape index (κ1) is 20.0. The maximum absolute atomic E-state index is 9.42. The van der Waals surface area contributed by atoms with Crippen LogP contribution in [0.15, 0.2) is 115 Å². The minimum Gasteiger partial charge on any atom is -0.309 e. The Kier molecular flexibility index (Phi) is 5.45. The lowest BCUT2D eigenvalue weighted by molar-refractivity contribution is 0.590. The van der Waals surface area contributed by atoms with Gasteiger partial charge in [-0.3, -0.25) is 0 Å². The van der Waals surface area contributed by atoms with Gasteiger partial charge < -0.3 is 9.80 Å². The zero-order chi connectivity index (χ0) is 50.7. The van der Waals surface area contributed by atoms with E-state index in [0.717, 1.165) is 21.9 Å². The summed E-state index contributed by atoms with van der Waals surface area (Å²) in [6.45, 7) is 20.4. The number of halogens is 1. The first-order valence-corrected chi connectivity index (χ1v) is 16.6. The third-order valence-electron chi connectivity index (χ3n) is 7.71. The molecule has 0 atom stereocenters.